The van der Waals surface area contributed by atoms with Gasteiger partial charge in [0.05, 0.1) is 5.56 Å². The summed E-state index contributed by atoms with van der Waals surface area (Å²) in [5, 5.41) is 10.4. The molecular weight excluding hydrogens is 295 g/mol. The quantitative estimate of drug-likeness (QED) is 0.855. The van der Waals surface area contributed by atoms with Crippen LogP contribution in [-0.4, -0.2) is 17.5 Å². The van der Waals surface area contributed by atoms with Crippen molar-refractivity contribution >= 4 is 17.4 Å². The number of hydrogen-bond donors (Lipinski definition) is 1. The first kappa shape index (κ1) is 15.5. The van der Waals surface area contributed by atoms with Gasteiger partial charge in [0.15, 0.2) is 5.78 Å². The van der Waals surface area contributed by atoms with Crippen LogP contribution >= 0.6 is 11.6 Å². The van der Waals surface area contributed by atoms with E-state index in [0.717, 1.165) is 0 Å². The second kappa shape index (κ2) is 6.70. The average Bonchev–Trinajstić information content (AvgIpc) is 2.46. The van der Waals surface area contributed by atoms with E-state index in [-0.39, 0.29) is 18.0 Å². The molecule has 2 aromatic carbocycles. The minimum atomic E-state index is -1.12. The van der Waals surface area contributed by atoms with Crippen LogP contribution in [0.2, 0.25) is 5.02 Å². The summed E-state index contributed by atoms with van der Waals surface area (Å²) in [7, 11) is 0. The van der Waals surface area contributed by atoms with Crippen molar-refractivity contribution in [3.8, 4) is 5.75 Å². The molecule has 0 spiro atoms. The number of ether oxygens (including phenoxy) is 1. The zero-order chi connectivity index (χ0) is 15.4. The number of benzene rings is 2. The van der Waals surface area contributed by atoms with Gasteiger partial charge < -0.3 is 9.84 Å². The van der Waals surface area contributed by atoms with Crippen LogP contribution < -0.4 is 4.74 Å². The largest absolute Gasteiger partial charge is 0.490 e. The van der Waals surface area contributed by atoms with Gasteiger partial charge in [-0.3, -0.25) is 4.79 Å². The van der Waals surface area contributed by atoms with Crippen molar-refractivity contribution in [1.29, 1.82) is 0 Å². The molecule has 0 aliphatic heterocycles. The molecule has 21 heavy (non-hydrogen) atoms. The third-order valence-electron chi connectivity index (χ3n) is 2.98. The van der Waals surface area contributed by atoms with E-state index in [4.69, 9.17) is 16.3 Å². The third kappa shape index (κ3) is 3.80. The monoisotopic (exact) mass is 308 g/mol. The number of carbonyl (C=O) groups is 1. The first-order chi connectivity index (χ1) is 9.99. The van der Waals surface area contributed by atoms with Crippen LogP contribution in [0.1, 0.15) is 28.9 Å². The SMILES string of the molecule is CC(=O)c1cc(Cl)ccc1OCC(O)c1ccccc1F. The summed E-state index contributed by atoms with van der Waals surface area (Å²) in [6.45, 7) is 1.23. The van der Waals surface area contributed by atoms with E-state index in [9.17, 15) is 14.3 Å². The lowest BCUT2D eigenvalue weighted by atomic mass is 10.1. The Kier molecular flexibility index (Phi) is 4.94. The highest BCUT2D eigenvalue weighted by atomic mass is 35.5. The van der Waals surface area contributed by atoms with Crippen molar-refractivity contribution in [3.05, 3.63) is 64.4 Å². The Bertz CT molecular complexity index is 658. The Morgan fingerprint density at radius 3 is 2.71 bits per heavy atom. The molecule has 0 saturated carbocycles. The number of ketones is 1. The van der Waals surface area contributed by atoms with Gasteiger partial charge in [-0.15, -0.1) is 0 Å². The van der Waals surface area contributed by atoms with Gasteiger partial charge in [-0.2, -0.15) is 0 Å². The highest BCUT2D eigenvalue weighted by Gasteiger charge is 2.15. The maximum Gasteiger partial charge on any atom is 0.163 e. The third-order valence-corrected chi connectivity index (χ3v) is 3.22. The summed E-state index contributed by atoms with van der Waals surface area (Å²) in [5.41, 5.74) is 0.471. The Hall–Kier alpha value is -1.91. The lowest BCUT2D eigenvalue weighted by Gasteiger charge is -2.15. The molecule has 110 valence electrons. The maximum atomic E-state index is 13.5. The summed E-state index contributed by atoms with van der Waals surface area (Å²) in [6.07, 6.45) is -1.12. The predicted octanol–water partition coefficient (Wildman–Crippen LogP) is 3.79. The van der Waals surface area contributed by atoms with Gasteiger partial charge in [0.1, 0.15) is 24.3 Å². The van der Waals surface area contributed by atoms with Crippen molar-refractivity contribution < 1.29 is 19.0 Å². The molecule has 0 heterocycles. The first-order valence-electron chi connectivity index (χ1n) is 6.35. The highest BCUT2D eigenvalue weighted by molar-refractivity contribution is 6.31. The summed E-state index contributed by atoms with van der Waals surface area (Å²) in [6, 6.07) is 10.5. The molecule has 2 rings (SSSR count). The topological polar surface area (TPSA) is 46.5 Å². The number of carbonyl (C=O) groups excluding carboxylic acids is 1. The molecule has 3 nitrogen and oxygen atoms in total. The minimum Gasteiger partial charge on any atom is -0.490 e. The molecule has 1 atom stereocenters. The predicted molar refractivity (Wildman–Crippen MR) is 78.3 cm³/mol. The van der Waals surface area contributed by atoms with E-state index in [1.165, 1.54) is 25.1 Å². The number of halogens is 2. The van der Waals surface area contributed by atoms with Gasteiger partial charge >= 0.3 is 0 Å². The smallest absolute Gasteiger partial charge is 0.163 e. The molecule has 0 radical (unpaired) electrons. The van der Waals surface area contributed by atoms with Crippen molar-refractivity contribution in [2.24, 2.45) is 0 Å². The van der Waals surface area contributed by atoms with Crippen LogP contribution in [0, 0.1) is 5.82 Å². The second-order valence-corrected chi connectivity index (χ2v) is 4.98. The lowest BCUT2D eigenvalue weighted by molar-refractivity contribution is 0.0968. The second-order valence-electron chi connectivity index (χ2n) is 4.54. The molecular formula is C16H14ClFO3. The molecule has 5 heteroatoms. The highest BCUT2D eigenvalue weighted by Crippen LogP contribution is 2.25. The molecule has 2 aromatic rings. The number of Topliss-reactive ketones (excluding diaryl/α,β-unsaturated/α-hetero) is 1. The zero-order valence-corrected chi connectivity index (χ0v) is 12.1. The van der Waals surface area contributed by atoms with Gasteiger partial charge in [-0.25, -0.2) is 4.39 Å². The van der Waals surface area contributed by atoms with E-state index in [2.05, 4.69) is 0 Å². The Morgan fingerprint density at radius 2 is 2.05 bits per heavy atom. The molecule has 0 aliphatic rings. The van der Waals surface area contributed by atoms with Crippen molar-refractivity contribution in [2.45, 2.75) is 13.0 Å². The molecule has 0 aromatic heterocycles. The van der Waals surface area contributed by atoms with Gasteiger partial charge in [-0.05, 0) is 31.2 Å². The standard InChI is InChI=1S/C16H14ClFO3/c1-10(19)13-8-11(17)6-7-16(13)21-9-15(20)12-4-2-3-5-14(12)18/h2-8,15,20H,9H2,1H3. The van der Waals surface area contributed by atoms with Crippen LogP contribution in [0.15, 0.2) is 42.5 Å². The van der Waals surface area contributed by atoms with Gasteiger partial charge in [0.2, 0.25) is 0 Å². The van der Waals surface area contributed by atoms with Crippen LogP contribution in [-0.2, 0) is 0 Å². The average molecular weight is 309 g/mol. The van der Waals surface area contributed by atoms with E-state index >= 15 is 0 Å². The van der Waals surface area contributed by atoms with E-state index < -0.39 is 11.9 Å². The van der Waals surface area contributed by atoms with Crippen LogP contribution in [0.3, 0.4) is 0 Å². The van der Waals surface area contributed by atoms with E-state index in [1.54, 1.807) is 24.3 Å². The Morgan fingerprint density at radius 1 is 1.33 bits per heavy atom. The molecule has 0 aliphatic carbocycles. The molecule has 1 N–H and O–H groups in total. The Balaban J connectivity index is 2.13. The first-order valence-corrected chi connectivity index (χ1v) is 6.72. The van der Waals surface area contributed by atoms with Crippen LogP contribution in [0.25, 0.3) is 0 Å². The van der Waals surface area contributed by atoms with Crippen LogP contribution in [0.5, 0.6) is 5.75 Å². The maximum absolute atomic E-state index is 13.5. The number of hydrogen-bond acceptors (Lipinski definition) is 3. The van der Waals surface area contributed by atoms with Gasteiger partial charge in [-0.1, -0.05) is 29.8 Å². The normalized spacial score (nSPS) is 12.0. The van der Waals surface area contributed by atoms with Crippen molar-refractivity contribution in [3.63, 3.8) is 0 Å². The summed E-state index contributed by atoms with van der Waals surface area (Å²) in [4.78, 5) is 11.5. The molecule has 0 bridgehead atoms. The lowest BCUT2D eigenvalue weighted by Crippen LogP contribution is -2.12. The summed E-state index contributed by atoms with van der Waals surface area (Å²) in [5.74, 6) is -0.397. The van der Waals surface area contributed by atoms with Gasteiger partial charge in [0, 0.05) is 10.6 Å². The number of aliphatic hydroxyl groups excluding tert-OH is 1. The van der Waals surface area contributed by atoms with Crippen molar-refractivity contribution in [1.82, 2.24) is 0 Å². The molecule has 1 unspecified atom stereocenters. The van der Waals surface area contributed by atoms with Crippen LogP contribution in [0.4, 0.5) is 4.39 Å². The van der Waals surface area contributed by atoms with E-state index in [1.807, 2.05) is 0 Å². The summed E-state index contributed by atoms with van der Waals surface area (Å²) >= 11 is 5.83. The molecule has 0 amide bonds. The van der Waals surface area contributed by atoms with Crippen molar-refractivity contribution in [2.75, 3.05) is 6.61 Å². The number of rotatable bonds is 5. The molecule has 0 fully saturated rings. The fraction of sp³-hybridized carbons (Fsp3) is 0.188. The Labute approximate surface area is 126 Å². The summed E-state index contributed by atoms with van der Waals surface area (Å²) < 4.78 is 19.0. The fourth-order valence-electron chi connectivity index (χ4n) is 1.91. The zero-order valence-electron chi connectivity index (χ0n) is 11.3. The van der Waals surface area contributed by atoms with E-state index in [0.29, 0.717) is 16.3 Å². The number of aliphatic hydroxyl groups is 1. The fourth-order valence-corrected chi connectivity index (χ4v) is 2.08. The molecule has 0 saturated heterocycles. The minimum absolute atomic E-state index is 0.149. The van der Waals surface area contributed by atoms with Gasteiger partial charge in [0.25, 0.3) is 0 Å².